The van der Waals surface area contributed by atoms with Gasteiger partial charge in [0.15, 0.2) is 0 Å². The summed E-state index contributed by atoms with van der Waals surface area (Å²) in [5.41, 5.74) is 5.91. The van der Waals surface area contributed by atoms with Crippen molar-refractivity contribution in [3.05, 3.63) is 24.0 Å². The molecule has 5 nitrogen and oxygen atoms in total. The first-order valence-electron chi connectivity index (χ1n) is 5.55. The Bertz CT molecular complexity index is 412. The molecular weight excluding hydrogens is 237 g/mol. The van der Waals surface area contributed by atoms with E-state index in [-0.39, 0.29) is 18.1 Å². The van der Waals surface area contributed by atoms with Gasteiger partial charge < -0.3 is 15.8 Å². The van der Waals surface area contributed by atoms with Crippen LogP contribution in [0.3, 0.4) is 0 Å². The fourth-order valence-electron chi connectivity index (χ4n) is 1.39. The minimum atomic E-state index is -0.495. The molecule has 0 saturated carbocycles. The molecular formula is C12H18FN3O2. The van der Waals surface area contributed by atoms with Gasteiger partial charge in [0.25, 0.3) is 0 Å². The lowest BCUT2D eigenvalue weighted by Crippen LogP contribution is -2.32. The van der Waals surface area contributed by atoms with E-state index in [0.717, 1.165) is 0 Å². The monoisotopic (exact) mass is 255 g/mol. The summed E-state index contributed by atoms with van der Waals surface area (Å²) in [6.45, 7) is 1.46. The summed E-state index contributed by atoms with van der Waals surface area (Å²) in [5, 5.41) is 2.65. The largest absolute Gasteiger partial charge is 0.396 e. The van der Waals surface area contributed by atoms with Gasteiger partial charge in [-0.15, -0.1) is 0 Å². The highest BCUT2D eigenvalue weighted by atomic mass is 19.1. The summed E-state index contributed by atoms with van der Waals surface area (Å²) in [7, 11) is 3.42. The Morgan fingerprint density at radius 3 is 2.89 bits per heavy atom. The number of hydrogen-bond acceptors (Lipinski definition) is 4. The number of nitrogen functional groups attached to an aromatic ring is 1. The summed E-state index contributed by atoms with van der Waals surface area (Å²) in [6.07, 6.45) is 0. The predicted molar refractivity (Wildman–Crippen MR) is 68.8 cm³/mol. The van der Waals surface area contributed by atoms with Gasteiger partial charge in [-0.3, -0.25) is 9.69 Å². The Balaban J connectivity index is 2.46. The second-order valence-corrected chi connectivity index (χ2v) is 4.02. The minimum Gasteiger partial charge on any atom is -0.396 e. The van der Waals surface area contributed by atoms with E-state index in [1.165, 1.54) is 18.2 Å². The van der Waals surface area contributed by atoms with Crippen LogP contribution in [0.5, 0.6) is 0 Å². The molecule has 0 aromatic heterocycles. The van der Waals surface area contributed by atoms with E-state index in [2.05, 4.69) is 5.32 Å². The van der Waals surface area contributed by atoms with Crippen molar-refractivity contribution >= 4 is 17.3 Å². The van der Waals surface area contributed by atoms with Crippen LogP contribution in [0.25, 0.3) is 0 Å². The van der Waals surface area contributed by atoms with Gasteiger partial charge in [-0.05, 0) is 25.2 Å². The lowest BCUT2D eigenvalue weighted by atomic mass is 10.2. The van der Waals surface area contributed by atoms with Crippen molar-refractivity contribution in [2.45, 2.75) is 0 Å². The van der Waals surface area contributed by atoms with Crippen LogP contribution in [0.2, 0.25) is 0 Å². The molecule has 100 valence electrons. The second kappa shape index (κ2) is 6.93. The summed E-state index contributed by atoms with van der Waals surface area (Å²) >= 11 is 0. The third-order valence-electron chi connectivity index (χ3n) is 2.37. The average molecular weight is 255 g/mol. The van der Waals surface area contributed by atoms with Gasteiger partial charge in [-0.25, -0.2) is 4.39 Å². The van der Waals surface area contributed by atoms with Gasteiger partial charge in [0.05, 0.1) is 18.8 Å². The van der Waals surface area contributed by atoms with Crippen molar-refractivity contribution in [3.8, 4) is 0 Å². The van der Waals surface area contributed by atoms with Crippen molar-refractivity contribution < 1.29 is 13.9 Å². The molecule has 0 heterocycles. The van der Waals surface area contributed by atoms with E-state index in [4.69, 9.17) is 10.5 Å². The van der Waals surface area contributed by atoms with Crippen LogP contribution in [0, 0.1) is 5.82 Å². The number of likely N-dealkylation sites (N-methyl/N-ethyl adjacent to an activating group) is 1. The first kappa shape index (κ1) is 14.4. The van der Waals surface area contributed by atoms with E-state index in [9.17, 15) is 9.18 Å². The Hall–Kier alpha value is -1.66. The van der Waals surface area contributed by atoms with E-state index in [1.54, 1.807) is 7.11 Å². The van der Waals surface area contributed by atoms with Gasteiger partial charge in [0, 0.05) is 19.3 Å². The molecule has 1 rings (SSSR count). The number of halogens is 1. The van der Waals surface area contributed by atoms with Crippen LogP contribution in [0.4, 0.5) is 15.8 Å². The number of benzene rings is 1. The highest BCUT2D eigenvalue weighted by Crippen LogP contribution is 2.16. The van der Waals surface area contributed by atoms with E-state index in [1.807, 2.05) is 11.9 Å². The van der Waals surface area contributed by atoms with Crippen LogP contribution in [0.15, 0.2) is 18.2 Å². The summed E-state index contributed by atoms with van der Waals surface area (Å²) in [6, 6.07) is 4.08. The van der Waals surface area contributed by atoms with E-state index in [0.29, 0.717) is 18.8 Å². The highest BCUT2D eigenvalue weighted by molar-refractivity contribution is 5.92. The molecule has 1 aromatic rings. The Labute approximate surface area is 106 Å². The number of ether oxygens (including phenoxy) is 1. The minimum absolute atomic E-state index is 0.0144. The number of carbonyl (C=O) groups is 1. The van der Waals surface area contributed by atoms with Crippen LogP contribution in [-0.2, 0) is 9.53 Å². The van der Waals surface area contributed by atoms with E-state index < -0.39 is 5.82 Å². The van der Waals surface area contributed by atoms with E-state index >= 15 is 0 Å². The maximum atomic E-state index is 12.9. The number of amides is 1. The third-order valence-corrected chi connectivity index (χ3v) is 2.37. The van der Waals surface area contributed by atoms with Crippen LogP contribution >= 0.6 is 0 Å². The van der Waals surface area contributed by atoms with Crippen LogP contribution < -0.4 is 11.1 Å². The molecule has 0 spiro atoms. The molecule has 3 N–H and O–H groups in total. The van der Waals surface area contributed by atoms with Crippen LogP contribution in [0.1, 0.15) is 0 Å². The number of anilines is 2. The molecule has 0 radical (unpaired) electrons. The van der Waals surface area contributed by atoms with Gasteiger partial charge >= 0.3 is 0 Å². The number of nitrogens with one attached hydrogen (secondary N) is 1. The third kappa shape index (κ3) is 4.68. The van der Waals surface area contributed by atoms with Crippen molar-refractivity contribution in [2.75, 3.05) is 44.9 Å². The van der Waals surface area contributed by atoms with Crippen molar-refractivity contribution in [1.82, 2.24) is 4.90 Å². The number of nitrogens with two attached hydrogens (primary N) is 1. The van der Waals surface area contributed by atoms with Gasteiger partial charge in [-0.1, -0.05) is 0 Å². The Morgan fingerprint density at radius 1 is 1.56 bits per heavy atom. The molecule has 0 aliphatic heterocycles. The summed E-state index contributed by atoms with van der Waals surface area (Å²) in [4.78, 5) is 13.5. The molecule has 0 unspecified atom stereocenters. The first-order chi connectivity index (χ1) is 8.52. The summed E-state index contributed by atoms with van der Waals surface area (Å²) < 4.78 is 17.8. The molecule has 0 fully saturated rings. The van der Waals surface area contributed by atoms with Crippen molar-refractivity contribution in [2.24, 2.45) is 0 Å². The van der Waals surface area contributed by atoms with Crippen molar-refractivity contribution in [3.63, 3.8) is 0 Å². The zero-order valence-electron chi connectivity index (χ0n) is 10.6. The molecule has 18 heavy (non-hydrogen) atoms. The average Bonchev–Trinajstić information content (AvgIpc) is 2.31. The maximum Gasteiger partial charge on any atom is 0.238 e. The van der Waals surface area contributed by atoms with Gasteiger partial charge in [0.2, 0.25) is 5.91 Å². The number of hydrogen-bond donors (Lipinski definition) is 2. The topological polar surface area (TPSA) is 67.6 Å². The number of methoxy groups -OCH3 is 1. The fourth-order valence-corrected chi connectivity index (χ4v) is 1.39. The quantitative estimate of drug-likeness (QED) is 0.742. The maximum absolute atomic E-state index is 12.9. The first-order valence-corrected chi connectivity index (χ1v) is 5.55. The fraction of sp³-hybridized carbons (Fsp3) is 0.417. The lowest BCUT2D eigenvalue weighted by molar-refractivity contribution is -0.117. The molecule has 0 atom stereocenters. The molecule has 0 aliphatic rings. The Kier molecular flexibility index (Phi) is 5.54. The zero-order chi connectivity index (χ0) is 13.5. The standard InChI is InChI=1S/C12H18FN3O2/c1-16(5-6-18-2)8-12(17)15-9-3-4-10(13)11(14)7-9/h3-4,7H,5-6,8,14H2,1-2H3,(H,15,17). The molecule has 1 amide bonds. The molecule has 0 bridgehead atoms. The van der Waals surface area contributed by atoms with Crippen molar-refractivity contribution in [1.29, 1.82) is 0 Å². The SMILES string of the molecule is COCCN(C)CC(=O)Nc1ccc(F)c(N)c1. The molecule has 1 aromatic carbocycles. The molecule has 0 aliphatic carbocycles. The smallest absolute Gasteiger partial charge is 0.238 e. The molecule has 6 heteroatoms. The Morgan fingerprint density at radius 2 is 2.28 bits per heavy atom. The van der Waals surface area contributed by atoms with Gasteiger partial charge in [-0.2, -0.15) is 0 Å². The zero-order valence-corrected chi connectivity index (χ0v) is 10.6. The second-order valence-electron chi connectivity index (χ2n) is 4.02. The molecule has 0 saturated heterocycles. The lowest BCUT2D eigenvalue weighted by Gasteiger charge is -2.15. The number of carbonyl (C=O) groups excluding carboxylic acids is 1. The normalized spacial score (nSPS) is 10.7. The summed E-state index contributed by atoms with van der Waals surface area (Å²) in [5.74, 6) is -0.676. The number of rotatable bonds is 6. The van der Waals surface area contributed by atoms with Crippen LogP contribution in [-0.4, -0.2) is 44.7 Å². The van der Waals surface area contributed by atoms with Gasteiger partial charge in [0.1, 0.15) is 5.82 Å². The number of nitrogens with zero attached hydrogens (tertiary/aromatic N) is 1. The predicted octanol–water partition coefficient (Wildman–Crippen LogP) is 0.925. The highest BCUT2D eigenvalue weighted by Gasteiger charge is 2.07.